The standard InChI is InChI=1S/C20H33NO3Si/c1-7-16-22-19(23-17-8-2)20(21-3,24-25(4,5)6)15-14-18-12-10-9-11-13-18/h9-13,19H,7-8,14-17H2,1-2,4-6H3. The second kappa shape index (κ2) is 10.7. The topological polar surface area (TPSA) is 32.0 Å². The SMILES string of the molecule is [C-]#[N+]C(CCc1ccccc1)(O[Si](C)(C)C)C(OCCC)OCCC. The lowest BCUT2D eigenvalue weighted by Gasteiger charge is -2.34. The summed E-state index contributed by atoms with van der Waals surface area (Å²) < 4.78 is 18.3. The Morgan fingerprint density at radius 3 is 2.04 bits per heavy atom. The van der Waals surface area contributed by atoms with Gasteiger partial charge in [0.1, 0.15) is 0 Å². The van der Waals surface area contributed by atoms with Crippen LogP contribution >= 0.6 is 0 Å². The van der Waals surface area contributed by atoms with Gasteiger partial charge in [0, 0.05) is 13.2 Å². The normalized spacial score (nSPS) is 14.3. The quantitative estimate of drug-likeness (QED) is 0.288. The van der Waals surface area contributed by atoms with E-state index in [0.717, 1.165) is 19.3 Å². The maximum atomic E-state index is 7.92. The van der Waals surface area contributed by atoms with Crippen LogP contribution < -0.4 is 0 Å². The minimum Gasteiger partial charge on any atom is -0.347 e. The molecular weight excluding hydrogens is 330 g/mol. The van der Waals surface area contributed by atoms with Crippen molar-refractivity contribution in [2.75, 3.05) is 13.2 Å². The second-order valence-corrected chi connectivity index (χ2v) is 11.7. The predicted octanol–water partition coefficient (Wildman–Crippen LogP) is 5.27. The molecule has 0 spiro atoms. The van der Waals surface area contributed by atoms with Crippen molar-refractivity contribution in [3.8, 4) is 0 Å². The average molecular weight is 364 g/mol. The van der Waals surface area contributed by atoms with Crippen molar-refractivity contribution in [2.45, 2.75) is 71.2 Å². The molecule has 1 aromatic carbocycles. The smallest absolute Gasteiger partial charge is 0.347 e. The number of hydrogen-bond donors (Lipinski definition) is 0. The van der Waals surface area contributed by atoms with Gasteiger partial charge in [0.15, 0.2) is 8.32 Å². The molecule has 0 aliphatic carbocycles. The Hall–Kier alpha value is -1.19. The van der Waals surface area contributed by atoms with Crippen molar-refractivity contribution in [1.82, 2.24) is 0 Å². The summed E-state index contributed by atoms with van der Waals surface area (Å²) in [6.45, 7) is 19.5. The lowest BCUT2D eigenvalue weighted by Crippen LogP contribution is -2.51. The van der Waals surface area contributed by atoms with Crippen molar-refractivity contribution >= 4 is 8.32 Å². The molecule has 0 aromatic heterocycles. The molecule has 0 amide bonds. The third kappa shape index (κ3) is 7.70. The first-order valence-corrected chi connectivity index (χ1v) is 12.6. The Morgan fingerprint density at radius 2 is 1.60 bits per heavy atom. The number of aryl methyl sites for hydroxylation is 1. The van der Waals surface area contributed by atoms with Crippen molar-refractivity contribution in [3.63, 3.8) is 0 Å². The first kappa shape index (κ1) is 21.8. The molecule has 0 bridgehead atoms. The maximum absolute atomic E-state index is 7.92. The Labute approximate surface area is 154 Å². The van der Waals surface area contributed by atoms with E-state index < -0.39 is 20.3 Å². The number of hydrogen-bond acceptors (Lipinski definition) is 3. The summed E-state index contributed by atoms with van der Waals surface area (Å²) in [5.41, 5.74) is 0.101. The molecule has 0 radical (unpaired) electrons. The molecule has 0 aliphatic heterocycles. The summed E-state index contributed by atoms with van der Waals surface area (Å²) in [6.07, 6.45) is 2.43. The molecule has 0 fully saturated rings. The molecule has 1 rings (SSSR count). The molecule has 5 heteroatoms. The van der Waals surface area contributed by atoms with E-state index in [4.69, 9.17) is 20.5 Å². The summed E-state index contributed by atoms with van der Waals surface area (Å²) >= 11 is 0. The molecule has 0 N–H and O–H groups in total. The molecule has 0 aliphatic rings. The molecule has 140 valence electrons. The molecule has 0 heterocycles. The molecule has 4 nitrogen and oxygen atoms in total. The van der Waals surface area contributed by atoms with Gasteiger partial charge in [-0.2, -0.15) is 0 Å². The van der Waals surface area contributed by atoms with Crippen LogP contribution in [0.25, 0.3) is 4.85 Å². The van der Waals surface area contributed by atoms with Gasteiger partial charge in [0.25, 0.3) is 6.29 Å². The van der Waals surface area contributed by atoms with E-state index in [-0.39, 0.29) is 0 Å². The number of nitrogens with zero attached hydrogens (tertiary/aromatic N) is 1. The van der Waals surface area contributed by atoms with Crippen molar-refractivity contribution in [3.05, 3.63) is 47.3 Å². The largest absolute Gasteiger partial charge is 0.379 e. The molecule has 1 unspecified atom stereocenters. The predicted molar refractivity (Wildman–Crippen MR) is 105 cm³/mol. The van der Waals surface area contributed by atoms with E-state index in [1.54, 1.807) is 0 Å². The first-order chi connectivity index (χ1) is 11.9. The molecule has 1 aromatic rings. The highest BCUT2D eigenvalue weighted by molar-refractivity contribution is 6.69. The van der Waals surface area contributed by atoms with E-state index in [2.05, 4.69) is 50.5 Å². The zero-order valence-corrected chi connectivity index (χ0v) is 17.4. The van der Waals surface area contributed by atoms with Crippen molar-refractivity contribution in [1.29, 1.82) is 0 Å². The molecule has 0 saturated carbocycles. The van der Waals surface area contributed by atoms with E-state index >= 15 is 0 Å². The fourth-order valence-corrected chi connectivity index (χ4v) is 3.91. The summed E-state index contributed by atoms with van der Waals surface area (Å²) in [5, 5.41) is 0. The van der Waals surface area contributed by atoms with Gasteiger partial charge in [-0.1, -0.05) is 44.2 Å². The van der Waals surface area contributed by atoms with Crippen LogP contribution in [0.2, 0.25) is 19.6 Å². The minimum atomic E-state index is -1.97. The van der Waals surface area contributed by atoms with Crippen molar-refractivity contribution < 1.29 is 13.9 Å². The van der Waals surface area contributed by atoms with Gasteiger partial charge in [-0.15, -0.1) is 0 Å². The lowest BCUT2D eigenvalue weighted by atomic mass is 10.0. The van der Waals surface area contributed by atoms with Crippen LogP contribution in [-0.4, -0.2) is 33.5 Å². The van der Waals surface area contributed by atoms with Crippen LogP contribution in [0.3, 0.4) is 0 Å². The van der Waals surface area contributed by atoms with Gasteiger partial charge in [0.2, 0.25) is 0 Å². The summed E-state index contributed by atoms with van der Waals surface area (Å²) in [4.78, 5) is 3.94. The minimum absolute atomic E-state index is 0.558. The molecule has 25 heavy (non-hydrogen) atoms. The third-order valence-corrected chi connectivity index (χ3v) is 4.57. The van der Waals surface area contributed by atoms with Gasteiger partial charge >= 0.3 is 5.72 Å². The highest BCUT2D eigenvalue weighted by Gasteiger charge is 2.51. The van der Waals surface area contributed by atoms with E-state index in [1.165, 1.54) is 5.56 Å². The van der Waals surface area contributed by atoms with Crippen LogP contribution in [0.1, 0.15) is 38.7 Å². The Morgan fingerprint density at radius 1 is 1.04 bits per heavy atom. The Bertz CT molecular complexity index is 516. The zero-order chi connectivity index (χ0) is 18.8. The molecule has 1 atom stereocenters. The van der Waals surface area contributed by atoms with Crippen LogP contribution in [0.5, 0.6) is 0 Å². The van der Waals surface area contributed by atoms with Crippen LogP contribution in [-0.2, 0) is 20.3 Å². The van der Waals surface area contributed by atoms with Crippen LogP contribution in [0, 0.1) is 6.57 Å². The fraction of sp³-hybridized carbons (Fsp3) is 0.650. The van der Waals surface area contributed by atoms with Crippen molar-refractivity contribution in [2.24, 2.45) is 0 Å². The summed E-state index contributed by atoms with van der Waals surface area (Å²) in [7, 11) is -1.97. The van der Waals surface area contributed by atoms with E-state index in [1.807, 2.05) is 18.2 Å². The zero-order valence-electron chi connectivity index (χ0n) is 16.4. The summed E-state index contributed by atoms with van der Waals surface area (Å²) in [6, 6.07) is 10.2. The maximum Gasteiger partial charge on any atom is 0.379 e. The van der Waals surface area contributed by atoms with Crippen LogP contribution in [0.4, 0.5) is 0 Å². The van der Waals surface area contributed by atoms with E-state index in [9.17, 15) is 0 Å². The third-order valence-electron chi connectivity index (χ3n) is 3.60. The van der Waals surface area contributed by atoms with E-state index in [0.29, 0.717) is 19.6 Å². The highest BCUT2D eigenvalue weighted by Crippen LogP contribution is 2.32. The van der Waals surface area contributed by atoms with Crippen LogP contribution in [0.15, 0.2) is 30.3 Å². The Balaban J connectivity index is 3.05. The number of benzene rings is 1. The Kier molecular flexibility index (Phi) is 9.37. The average Bonchev–Trinajstić information content (AvgIpc) is 2.59. The summed E-state index contributed by atoms with van der Waals surface area (Å²) in [5.74, 6) is 0. The number of rotatable bonds is 12. The monoisotopic (exact) mass is 363 g/mol. The van der Waals surface area contributed by atoms with Gasteiger partial charge < -0.3 is 13.9 Å². The fourth-order valence-electron chi connectivity index (χ4n) is 2.61. The van der Waals surface area contributed by atoms with Gasteiger partial charge in [-0.3, -0.25) is 4.85 Å². The second-order valence-electron chi connectivity index (χ2n) is 7.23. The van der Waals surface area contributed by atoms with Gasteiger partial charge in [0.05, 0.1) is 6.42 Å². The first-order valence-electron chi connectivity index (χ1n) is 9.22. The highest BCUT2D eigenvalue weighted by atomic mass is 28.4. The lowest BCUT2D eigenvalue weighted by molar-refractivity contribution is -0.218. The van der Waals surface area contributed by atoms with Gasteiger partial charge in [-0.05, 0) is 44.5 Å². The molecule has 0 saturated heterocycles. The molecular formula is C20H33NO3Si. The van der Waals surface area contributed by atoms with Gasteiger partial charge in [-0.25, -0.2) is 6.57 Å². The number of ether oxygens (including phenoxy) is 2.